The average molecular weight is 435 g/mol. The van der Waals surface area contributed by atoms with E-state index in [4.69, 9.17) is 4.74 Å². The third-order valence-corrected chi connectivity index (χ3v) is 5.03. The van der Waals surface area contributed by atoms with Crippen molar-refractivity contribution in [1.82, 2.24) is 0 Å². The minimum atomic E-state index is -0.454. The molecule has 0 aliphatic rings. The first-order valence-electron chi connectivity index (χ1n) is 5.74. The van der Waals surface area contributed by atoms with Crippen molar-refractivity contribution in [1.29, 1.82) is 0 Å². The number of carbonyl (C=O) groups is 1. The molecule has 0 unspecified atom stereocenters. The lowest BCUT2D eigenvalue weighted by Crippen LogP contribution is -2.11. The van der Waals surface area contributed by atoms with E-state index >= 15 is 0 Å². The van der Waals surface area contributed by atoms with E-state index in [0.717, 1.165) is 7.57 Å². The van der Waals surface area contributed by atoms with Gasteiger partial charge in [-0.1, -0.05) is 0 Å². The fourth-order valence-corrected chi connectivity index (χ4v) is 4.54. The van der Waals surface area contributed by atoms with E-state index in [-0.39, 0.29) is 18.1 Å². The Morgan fingerprint density at radius 3 is 2.62 bits per heavy atom. The van der Waals surface area contributed by atoms with Crippen molar-refractivity contribution in [3.63, 3.8) is 0 Å². The van der Waals surface area contributed by atoms with Gasteiger partial charge in [-0.2, -0.15) is 0 Å². The van der Waals surface area contributed by atoms with Gasteiger partial charge in [0.25, 0.3) is 5.69 Å². The highest BCUT2D eigenvalue weighted by atomic mass is 79.9. The van der Waals surface area contributed by atoms with Crippen LogP contribution in [0.5, 0.6) is 5.75 Å². The lowest BCUT2D eigenvalue weighted by Gasteiger charge is -2.06. The van der Waals surface area contributed by atoms with Gasteiger partial charge >= 0.3 is 0 Å². The molecule has 1 heterocycles. The van der Waals surface area contributed by atoms with Gasteiger partial charge in [0.05, 0.1) is 12.5 Å². The zero-order valence-electron chi connectivity index (χ0n) is 10.8. The van der Waals surface area contributed by atoms with Gasteiger partial charge in [-0.3, -0.25) is 14.9 Å². The second-order valence-electron chi connectivity index (χ2n) is 4.16. The van der Waals surface area contributed by atoms with Crippen molar-refractivity contribution >= 4 is 54.7 Å². The summed E-state index contributed by atoms with van der Waals surface area (Å²) in [4.78, 5) is 22.3. The van der Waals surface area contributed by atoms with E-state index in [2.05, 4.69) is 31.9 Å². The first-order valence-corrected chi connectivity index (χ1v) is 8.14. The zero-order chi connectivity index (χ0) is 15.6. The molecular weight excluding hydrogens is 426 g/mol. The van der Waals surface area contributed by atoms with Crippen LogP contribution in [0, 0.1) is 17.0 Å². The van der Waals surface area contributed by atoms with E-state index in [1.54, 1.807) is 19.1 Å². The highest BCUT2D eigenvalue weighted by molar-refractivity contribution is 9.12. The summed E-state index contributed by atoms with van der Waals surface area (Å²) >= 11 is 8.04. The molecule has 0 fully saturated rings. The second kappa shape index (κ2) is 6.67. The van der Waals surface area contributed by atoms with Crippen LogP contribution in [0.25, 0.3) is 0 Å². The zero-order valence-corrected chi connectivity index (χ0v) is 14.7. The number of hydrogen-bond acceptors (Lipinski definition) is 5. The molecule has 2 rings (SSSR count). The maximum Gasteiger partial charge on any atom is 0.272 e. The van der Waals surface area contributed by atoms with Gasteiger partial charge in [0.2, 0.25) is 5.78 Å². The summed E-state index contributed by atoms with van der Waals surface area (Å²) in [5, 5.41) is 10.7. The summed E-state index contributed by atoms with van der Waals surface area (Å²) in [7, 11) is 0. The van der Waals surface area contributed by atoms with Crippen molar-refractivity contribution < 1.29 is 14.5 Å². The molecule has 0 radical (unpaired) electrons. The van der Waals surface area contributed by atoms with Gasteiger partial charge in [0.1, 0.15) is 5.75 Å². The molecule has 0 amide bonds. The third kappa shape index (κ3) is 3.90. The van der Waals surface area contributed by atoms with Crippen LogP contribution < -0.4 is 4.74 Å². The van der Waals surface area contributed by atoms with Crippen LogP contribution >= 0.6 is 43.2 Å². The Hall–Kier alpha value is -1.25. The molecule has 1 aromatic heterocycles. The van der Waals surface area contributed by atoms with Crippen molar-refractivity contribution in [2.45, 2.75) is 6.92 Å². The average Bonchev–Trinajstić information content (AvgIpc) is 2.74. The highest BCUT2D eigenvalue weighted by Crippen LogP contribution is 2.32. The van der Waals surface area contributed by atoms with Crippen molar-refractivity contribution in [3.05, 3.63) is 53.1 Å². The molecule has 2 aromatic rings. The van der Waals surface area contributed by atoms with Gasteiger partial charge in [0.15, 0.2) is 6.61 Å². The van der Waals surface area contributed by atoms with Crippen molar-refractivity contribution in [3.8, 4) is 5.75 Å². The van der Waals surface area contributed by atoms with Crippen LogP contribution in [-0.2, 0) is 0 Å². The largest absolute Gasteiger partial charge is 0.485 e. The number of ether oxygens (including phenoxy) is 1. The van der Waals surface area contributed by atoms with Crippen LogP contribution in [0.1, 0.15) is 15.9 Å². The first kappa shape index (κ1) is 16.1. The monoisotopic (exact) mass is 433 g/mol. The molecule has 0 saturated carbocycles. The quantitative estimate of drug-likeness (QED) is 0.386. The number of rotatable bonds is 5. The first-order chi connectivity index (χ1) is 9.88. The molecule has 0 N–H and O–H groups in total. The van der Waals surface area contributed by atoms with E-state index in [9.17, 15) is 14.9 Å². The predicted molar refractivity (Wildman–Crippen MR) is 87.4 cm³/mol. The normalized spacial score (nSPS) is 10.4. The number of Topliss-reactive ketones (excluding diaryl/α,β-unsaturated/α-hetero) is 1. The smallest absolute Gasteiger partial charge is 0.272 e. The number of aryl methyl sites for hydroxylation is 1. The van der Waals surface area contributed by atoms with Crippen LogP contribution in [0.15, 0.2) is 31.8 Å². The molecule has 110 valence electrons. The number of nitrogens with zero attached hydrogens (tertiary/aromatic N) is 1. The summed E-state index contributed by atoms with van der Waals surface area (Å²) in [6.45, 7) is 1.50. The molecule has 0 spiro atoms. The lowest BCUT2D eigenvalue weighted by atomic mass is 10.2. The highest BCUT2D eigenvalue weighted by Gasteiger charge is 2.15. The van der Waals surface area contributed by atoms with Crippen LogP contribution in [0.3, 0.4) is 0 Å². The van der Waals surface area contributed by atoms with Gasteiger partial charge in [-0.25, -0.2) is 0 Å². The molecular formula is C13H9Br2NO4S. The Labute approximate surface area is 141 Å². The number of benzene rings is 1. The predicted octanol–water partition coefficient (Wildman–Crippen LogP) is 4.75. The third-order valence-electron chi connectivity index (χ3n) is 2.69. The van der Waals surface area contributed by atoms with Crippen molar-refractivity contribution in [2.75, 3.05) is 6.61 Å². The van der Waals surface area contributed by atoms with Crippen LogP contribution in [0.2, 0.25) is 0 Å². The Kier molecular flexibility index (Phi) is 5.13. The number of ketones is 1. The molecule has 0 aliphatic heterocycles. The fraction of sp³-hybridized carbons (Fsp3) is 0.154. The number of hydrogen-bond donors (Lipinski definition) is 0. The Morgan fingerprint density at radius 1 is 1.38 bits per heavy atom. The molecule has 1 aromatic carbocycles. The van der Waals surface area contributed by atoms with Crippen LogP contribution in [0.4, 0.5) is 5.69 Å². The van der Waals surface area contributed by atoms with E-state index < -0.39 is 4.92 Å². The Bertz CT molecular complexity index is 714. The molecule has 0 atom stereocenters. The maximum absolute atomic E-state index is 12.0. The summed E-state index contributed by atoms with van der Waals surface area (Å²) in [5.41, 5.74) is 1.06. The lowest BCUT2D eigenvalue weighted by molar-refractivity contribution is -0.385. The minimum Gasteiger partial charge on any atom is -0.485 e. The van der Waals surface area contributed by atoms with Gasteiger partial charge in [-0.05, 0) is 57.0 Å². The second-order valence-corrected chi connectivity index (χ2v) is 7.90. The van der Waals surface area contributed by atoms with Gasteiger partial charge < -0.3 is 4.74 Å². The SMILES string of the molecule is Cc1cc(OCC(=O)c2cc(Br)sc2Br)ccc1[N+](=O)[O-]. The van der Waals surface area contributed by atoms with Gasteiger partial charge in [0, 0.05) is 17.2 Å². The number of carbonyl (C=O) groups excluding carboxylic acids is 1. The maximum atomic E-state index is 12.0. The van der Waals surface area contributed by atoms with E-state index in [1.807, 2.05) is 0 Å². The number of thiophene rings is 1. The standard InChI is InChI=1S/C13H9Br2NO4S/c1-7-4-8(2-3-10(7)16(18)19)20-6-11(17)9-5-12(14)21-13(9)15/h2-5H,6H2,1H3. The number of nitro benzene ring substituents is 1. The minimum absolute atomic E-state index is 0.0261. The van der Waals surface area contributed by atoms with Crippen LogP contribution in [-0.4, -0.2) is 17.3 Å². The van der Waals surface area contributed by atoms with Gasteiger partial charge in [-0.15, -0.1) is 11.3 Å². The Morgan fingerprint density at radius 2 is 2.10 bits per heavy atom. The molecule has 5 nitrogen and oxygen atoms in total. The molecule has 0 aliphatic carbocycles. The fourth-order valence-electron chi connectivity index (χ4n) is 1.68. The topological polar surface area (TPSA) is 69.4 Å². The summed E-state index contributed by atoms with van der Waals surface area (Å²) in [6, 6.07) is 6.12. The number of nitro groups is 1. The number of halogens is 2. The summed E-state index contributed by atoms with van der Waals surface area (Å²) in [5.74, 6) is 0.261. The summed E-state index contributed by atoms with van der Waals surface area (Å²) in [6.07, 6.45) is 0. The van der Waals surface area contributed by atoms with E-state index in [0.29, 0.717) is 16.9 Å². The summed E-state index contributed by atoms with van der Waals surface area (Å²) < 4.78 is 6.99. The Balaban J connectivity index is 2.06. The van der Waals surface area contributed by atoms with E-state index in [1.165, 1.54) is 23.5 Å². The molecule has 0 bridgehead atoms. The molecule has 21 heavy (non-hydrogen) atoms. The molecule has 0 saturated heterocycles. The molecule has 8 heteroatoms. The van der Waals surface area contributed by atoms with Crippen molar-refractivity contribution in [2.24, 2.45) is 0 Å².